The van der Waals surface area contributed by atoms with Crippen LogP contribution in [0.15, 0.2) is 57.8 Å². The molecule has 0 aromatic heterocycles. The van der Waals surface area contributed by atoms with Crippen LogP contribution in [0.3, 0.4) is 0 Å². The fourth-order valence-corrected chi connectivity index (χ4v) is 5.70. The van der Waals surface area contributed by atoms with Crippen LogP contribution in [0.2, 0.25) is 0 Å². The van der Waals surface area contributed by atoms with E-state index in [1.807, 2.05) is 11.9 Å². The normalized spacial score (nSPS) is 20.1. The Morgan fingerprint density at radius 1 is 1.09 bits per heavy atom. The molecule has 9 heteroatoms. The quantitative estimate of drug-likeness (QED) is 0.686. The van der Waals surface area contributed by atoms with Crippen LogP contribution < -0.4 is 5.32 Å². The highest BCUT2D eigenvalue weighted by Gasteiger charge is 2.41. The zero-order chi connectivity index (χ0) is 24.2. The van der Waals surface area contributed by atoms with E-state index in [-0.39, 0.29) is 16.6 Å². The van der Waals surface area contributed by atoms with Crippen molar-refractivity contribution < 1.29 is 22.3 Å². The van der Waals surface area contributed by atoms with Gasteiger partial charge in [0.2, 0.25) is 5.91 Å². The van der Waals surface area contributed by atoms with Crippen molar-refractivity contribution in [2.75, 3.05) is 32.1 Å². The van der Waals surface area contributed by atoms with Crippen molar-refractivity contribution in [3.05, 3.63) is 59.9 Å². The summed E-state index contributed by atoms with van der Waals surface area (Å²) in [5.74, 6) is -0.0820. The Balaban J connectivity index is 1.60. The van der Waals surface area contributed by atoms with Gasteiger partial charge in [-0.05, 0) is 61.6 Å². The molecule has 2 aromatic carbocycles. The Morgan fingerprint density at radius 3 is 2.56 bits per heavy atom. The van der Waals surface area contributed by atoms with E-state index in [4.69, 9.17) is 4.74 Å². The third-order valence-corrected chi connectivity index (χ3v) is 7.93. The maximum Gasteiger partial charge on any atom is 0.284 e. The second-order valence-corrected chi connectivity index (χ2v) is 10.5. The van der Waals surface area contributed by atoms with Crippen LogP contribution >= 0.6 is 0 Å². The monoisotopic (exact) mass is 487 g/mol. The van der Waals surface area contributed by atoms with Gasteiger partial charge in [-0.3, -0.25) is 4.79 Å². The molecule has 0 saturated carbocycles. The fraction of sp³-hybridized carbons (Fsp3) is 0.440. The Morgan fingerprint density at radius 2 is 1.82 bits per heavy atom. The average Bonchev–Trinajstić information content (AvgIpc) is 3.03. The lowest BCUT2D eigenvalue weighted by Gasteiger charge is -2.36. The van der Waals surface area contributed by atoms with E-state index in [9.17, 15) is 17.6 Å². The van der Waals surface area contributed by atoms with Crippen LogP contribution in [0.1, 0.15) is 44.1 Å². The van der Waals surface area contributed by atoms with Gasteiger partial charge in [0.1, 0.15) is 11.7 Å². The van der Waals surface area contributed by atoms with Crippen molar-refractivity contribution in [2.45, 2.75) is 48.8 Å². The summed E-state index contributed by atoms with van der Waals surface area (Å²) in [6.45, 7) is 1.59. The summed E-state index contributed by atoms with van der Waals surface area (Å²) in [6.07, 6.45) is 4.48. The maximum absolute atomic E-state index is 13.5. The van der Waals surface area contributed by atoms with E-state index in [0.29, 0.717) is 49.6 Å². The van der Waals surface area contributed by atoms with Crippen LogP contribution in [0.4, 0.5) is 10.1 Å². The van der Waals surface area contributed by atoms with Crippen molar-refractivity contribution in [1.29, 1.82) is 0 Å². The third kappa shape index (κ3) is 5.31. The molecule has 0 bridgehead atoms. The highest BCUT2D eigenvalue weighted by Crippen LogP contribution is 2.36. The first-order valence-electron chi connectivity index (χ1n) is 11.6. The molecule has 2 aliphatic heterocycles. The molecule has 0 unspecified atom stereocenters. The molecule has 1 N–H and O–H groups in total. The predicted molar refractivity (Wildman–Crippen MR) is 129 cm³/mol. The minimum atomic E-state index is -3.93. The molecular weight excluding hydrogens is 457 g/mol. The smallest absolute Gasteiger partial charge is 0.284 e. The molecule has 2 aliphatic rings. The first kappa shape index (κ1) is 24.3. The molecule has 34 heavy (non-hydrogen) atoms. The van der Waals surface area contributed by atoms with Crippen LogP contribution in [0, 0.1) is 5.82 Å². The number of ether oxygens (including phenoxy) is 1. The van der Waals surface area contributed by atoms with Crippen molar-refractivity contribution in [1.82, 2.24) is 4.90 Å². The first-order valence-corrected chi connectivity index (χ1v) is 13.0. The number of nitrogens with one attached hydrogen (secondary N) is 1. The number of benzene rings is 2. The molecule has 182 valence electrons. The van der Waals surface area contributed by atoms with E-state index >= 15 is 0 Å². The topological polar surface area (TPSA) is 88.1 Å². The Labute approximate surface area is 200 Å². The van der Waals surface area contributed by atoms with E-state index in [1.54, 1.807) is 24.3 Å². The summed E-state index contributed by atoms with van der Waals surface area (Å²) in [5, 5.41) is 2.89. The second kappa shape index (κ2) is 10.2. The molecule has 0 aliphatic carbocycles. The highest BCUT2D eigenvalue weighted by molar-refractivity contribution is 7.90. The minimum absolute atomic E-state index is 0.0262. The minimum Gasteiger partial charge on any atom is -0.381 e. The number of amidine groups is 1. The molecule has 0 radical (unpaired) electrons. The second-order valence-electron chi connectivity index (χ2n) is 8.90. The molecular formula is C25H30FN3O4S. The molecule has 2 heterocycles. The van der Waals surface area contributed by atoms with Gasteiger partial charge in [-0.1, -0.05) is 24.6 Å². The molecule has 1 amide bonds. The summed E-state index contributed by atoms with van der Waals surface area (Å²) in [4.78, 5) is 15.4. The van der Waals surface area contributed by atoms with Crippen LogP contribution in [0.5, 0.6) is 0 Å². The summed E-state index contributed by atoms with van der Waals surface area (Å²) >= 11 is 0. The number of carbonyl (C=O) groups is 1. The summed E-state index contributed by atoms with van der Waals surface area (Å²) in [6, 6.07) is 12.1. The van der Waals surface area contributed by atoms with Crippen LogP contribution in [-0.4, -0.2) is 51.9 Å². The lowest BCUT2D eigenvalue weighted by Crippen LogP contribution is -2.44. The number of sulfonamides is 1. The van der Waals surface area contributed by atoms with Gasteiger partial charge >= 0.3 is 0 Å². The van der Waals surface area contributed by atoms with Gasteiger partial charge in [0.25, 0.3) is 10.0 Å². The van der Waals surface area contributed by atoms with Gasteiger partial charge < -0.3 is 15.0 Å². The Kier molecular flexibility index (Phi) is 7.33. The SMILES string of the molecule is CN1CCCCC/C1=N\S(=O)(=O)c1cccc(NC(=O)C2(c3ccc(F)cc3)CCOCC2)c1. The van der Waals surface area contributed by atoms with Gasteiger partial charge in [-0.2, -0.15) is 8.42 Å². The number of nitrogens with zero attached hydrogens (tertiary/aromatic N) is 2. The third-order valence-electron chi connectivity index (χ3n) is 6.63. The summed E-state index contributed by atoms with van der Waals surface area (Å²) in [5.41, 5.74) is 0.194. The van der Waals surface area contributed by atoms with Gasteiger partial charge in [0.05, 0.1) is 10.3 Å². The maximum atomic E-state index is 13.5. The van der Waals surface area contributed by atoms with Crippen LogP contribution in [0.25, 0.3) is 0 Å². The number of carbonyl (C=O) groups excluding carboxylic acids is 1. The number of halogens is 1. The van der Waals surface area contributed by atoms with Gasteiger partial charge in [0, 0.05) is 38.9 Å². The molecule has 0 spiro atoms. The lowest BCUT2D eigenvalue weighted by molar-refractivity contribution is -0.125. The standard InChI is InChI=1S/C25H30FN3O4S/c1-29-15-4-2-3-8-23(29)28-34(31,32)22-7-5-6-21(18-22)27-24(30)25(13-16-33-17-14-25)19-9-11-20(26)12-10-19/h5-7,9-12,18H,2-4,8,13-17H2,1H3,(H,27,30)/b28-23+. The van der Waals surface area contributed by atoms with Crippen molar-refractivity contribution in [3.8, 4) is 0 Å². The number of amides is 1. The lowest BCUT2D eigenvalue weighted by atomic mass is 9.73. The number of anilines is 1. The van der Waals surface area contributed by atoms with E-state index in [0.717, 1.165) is 25.8 Å². The first-order chi connectivity index (χ1) is 16.3. The number of hydrogen-bond donors (Lipinski definition) is 1. The van der Waals surface area contributed by atoms with E-state index in [1.165, 1.54) is 24.3 Å². The number of rotatable bonds is 5. The fourth-order valence-electron chi connectivity index (χ4n) is 4.56. The Bertz CT molecular complexity index is 1160. The van der Waals surface area contributed by atoms with Gasteiger partial charge in [-0.15, -0.1) is 4.40 Å². The highest BCUT2D eigenvalue weighted by atomic mass is 32.2. The molecule has 7 nitrogen and oxygen atoms in total. The van der Waals surface area contributed by atoms with Gasteiger partial charge in [0.15, 0.2) is 0 Å². The van der Waals surface area contributed by atoms with Crippen LogP contribution in [-0.2, 0) is 25.0 Å². The largest absolute Gasteiger partial charge is 0.381 e. The van der Waals surface area contributed by atoms with Crippen molar-refractivity contribution in [3.63, 3.8) is 0 Å². The molecule has 2 aromatic rings. The summed E-state index contributed by atoms with van der Waals surface area (Å²) in [7, 11) is -2.07. The van der Waals surface area contributed by atoms with E-state index < -0.39 is 15.4 Å². The number of likely N-dealkylation sites (tertiary alicyclic amines) is 1. The summed E-state index contributed by atoms with van der Waals surface area (Å²) < 4.78 is 49.2. The molecule has 4 rings (SSSR count). The van der Waals surface area contributed by atoms with E-state index in [2.05, 4.69) is 9.71 Å². The van der Waals surface area contributed by atoms with Crippen molar-refractivity contribution in [2.24, 2.45) is 4.40 Å². The average molecular weight is 488 g/mol. The van der Waals surface area contributed by atoms with Crippen molar-refractivity contribution >= 4 is 27.5 Å². The number of hydrogen-bond acceptors (Lipinski definition) is 4. The molecule has 2 fully saturated rings. The van der Waals surface area contributed by atoms with Gasteiger partial charge in [-0.25, -0.2) is 4.39 Å². The zero-order valence-corrected chi connectivity index (χ0v) is 20.1. The molecule has 0 atom stereocenters. The Hall–Kier alpha value is -2.78. The predicted octanol–water partition coefficient (Wildman–Crippen LogP) is 4.11. The zero-order valence-electron chi connectivity index (χ0n) is 19.3. The molecule has 2 saturated heterocycles.